The number of nitrogens with zero attached hydrogens (tertiary/aromatic N) is 1. The van der Waals surface area contributed by atoms with Crippen molar-refractivity contribution in [3.63, 3.8) is 0 Å². The van der Waals surface area contributed by atoms with Crippen LogP contribution in [-0.4, -0.2) is 4.98 Å². The van der Waals surface area contributed by atoms with Gasteiger partial charge in [-0.3, -0.25) is 0 Å². The molecule has 0 amide bonds. The highest BCUT2D eigenvalue weighted by Gasteiger charge is 2.26. The van der Waals surface area contributed by atoms with E-state index in [2.05, 4.69) is 134 Å². The van der Waals surface area contributed by atoms with E-state index >= 15 is 0 Å². The summed E-state index contributed by atoms with van der Waals surface area (Å²) in [6, 6.07) is 46.7. The van der Waals surface area contributed by atoms with Gasteiger partial charge in [-0.15, -0.1) is 0 Å². The van der Waals surface area contributed by atoms with Gasteiger partial charge in [0, 0.05) is 11.1 Å². The topological polar surface area (TPSA) is 22.1 Å². The molecule has 0 unspecified atom stereocenters. The van der Waals surface area contributed by atoms with Crippen LogP contribution < -0.4 is 10.4 Å². The second-order valence-electron chi connectivity index (χ2n) is 10.1. The van der Waals surface area contributed by atoms with Crippen LogP contribution in [0.3, 0.4) is 0 Å². The van der Waals surface area contributed by atoms with E-state index in [-0.39, 0.29) is 0 Å². The molecule has 1 aliphatic carbocycles. The van der Waals surface area contributed by atoms with E-state index in [0.29, 0.717) is 5.76 Å². The predicted molar refractivity (Wildman–Crippen MR) is 178 cm³/mol. The van der Waals surface area contributed by atoms with Crippen molar-refractivity contribution in [3.05, 3.63) is 180 Å². The molecular weight excluding hydrogens is 510 g/mol. The molecule has 4 bridgehead atoms. The molecule has 202 valence electrons. The van der Waals surface area contributed by atoms with Crippen LogP contribution in [0, 0.1) is 0 Å². The molecule has 5 aromatic carbocycles. The Balaban J connectivity index is 1.83. The third-order valence-corrected chi connectivity index (χ3v) is 7.45. The third-order valence-electron chi connectivity index (χ3n) is 7.45. The van der Waals surface area contributed by atoms with Gasteiger partial charge in [0.2, 0.25) is 0 Å². The monoisotopic (exact) mass is 541 g/mol. The molecule has 7 rings (SSSR count). The van der Waals surface area contributed by atoms with Crippen molar-refractivity contribution in [2.24, 2.45) is 0 Å². The van der Waals surface area contributed by atoms with E-state index < -0.39 is 0 Å². The first-order chi connectivity index (χ1) is 20.7. The molecule has 0 fully saturated rings. The van der Waals surface area contributed by atoms with Gasteiger partial charge in [0.25, 0.3) is 0 Å². The average Bonchev–Trinajstić information content (AvgIpc) is 3.29. The van der Waals surface area contributed by atoms with Crippen molar-refractivity contribution in [3.8, 4) is 11.1 Å². The molecule has 0 radical (unpaired) electrons. The van der Waals surface area contributed by atoms with Gasteiger partial charge in [-0.2, -0.15) is 0 Å². The first-order valence-electron chi connectivity index (χ1n) is 14.1. The summed E-state index contributed by atoms with van der Waals surface area (Å²) in [6.45, 7) is 10.1. The van der Waals surface area contributed by atoms with Gasteiger partial charge in [-0.1, -0.05) is 128 Å². The quantitative estimate of drug-likeness (QED) is 0.209. The van der Waals surface area contributed by atoms with Crippen molar-refractivity contribution in [2.45, 2.75) is 6.92 Å². The van der Waals surface area contributed by atoms with Gasteiger partial charge < -0.3 is 4.74 Å². The van der Waals surface area contributed by atoms with E-state index in [0.717, 1.165) is 65.6 Å². The number of aromatic nitrogens is 1. The maximum Gasteiger partial charge on any atom is 0.147 e. The number of fused-ring (bicyclic) bond motifs is 7. The minimum absolute atomic E-state index is 0.662. The molecule has 1 heterocycles. The van der Waals surface area contributed by atoms with Crippen molar-refractivity contribution in [1.29, 1.82) is 0 Å². The summed E-state index contributed by atoms with van der Waals surface area (Å²) in [5.41, 5.74) is 5.96. The number of benzene rings is 1. The molecule has 0 N–H and O–H groups in total. The Bertz CT molecular complexity index is 2120. The zero-order valence-electron chi connectivity index (χ0n) is 23.6. The van der Waals surface area contributed by atoms with E-state index in [9.17, 15) is 0 Å². The number of allylic oxidation sites excluding steroid dienone is 1. The molecule has 0 saturated heterocycles. The summed E-state index contributed by atoms with van der Waals surface area (Å²) < 4.78 is 5.71. The van der Waals surface area contributed by atoms with Crippen LogP contribution >= 0.6 is 0 Å². The molecule has 1 aliphatic rings. The van der Waals surface area contributed by atoms with Gasteiger partial charge in [0.15, 0.2) is 0 Å². The molecular formula is C40H31NO. The highest BCUT2D eigenvalue weighted by atomic mass is 16.5. The number of pyridine rings is 1. The Hall–Kier alpha value is -5.47. The van der Waals surface area contributed by atoms with Gasteiger partial charge in [-0.05, 0) is 74.3 Å². The first kappa shape index (κ1) is 26.7. The minimum Gasteiger partial charge on any atom is -0.464 e. The Morgan fingerprint density at radius 3 is 2.10 bits per heavy atom. The van der Waals surface area contributed by atoms with Gasteiger partial charge in [0.1, 0.15) is 11.5 Å². The molecule has 2 nitrogen and oxygen atoms in total. The Kier molecular flexibility index (Phi) is 7.61. The maximum atomic E-state index is 5.71. The summed E-state index contributed by atoms with van der Waals surface area (Å²) in [4.78, 5) is 5.20. The van der Waals surface area contributed by atoms with Crippen molar-refractivity contribution >= 4 is 39.5 Å². The fourth-order valence-electron chi connectivity index (χ4n) is 5.38. The van der Waals surface area contributed by atoms with Crippen LogP contribution in [0.15, 0.2) is 152 Å². The predicted octanol–water partition coefficient (Wildman–Crippen LogP) is 8.80. The van der Waals surface area contributed by atoms with E-state index in [1.807, 2.05) is 25.1 Å². The lowest BCUT2D eigenvalue weighted by Crippen LogP contribution is -2.25. The zero-order valence-corrected chi connectivity index (χ0v) is 23.6. The molecule has 42 heavy (non-hydrogen) atoms. The Morgan fingerprint density at radius 1 is 0.643 bits per heavy atom. The van der Waals surface area contributed by atoms with Crippen LogP contribution in [0.1, 0.15) is 23.9 Å². The second-order valence-corrected chi connectivity index (χ2v) is 10.1. The number of hydrogen-bond acceptors (Lipinski definition) is 2. The van der Waals surface area contributed by atoms with E-state index in [1.165, 1.54) is 6.26 Å². The lowest BCUT2D eigenvalue weighted by atomic mass is 10.0. The Morgan fingerprint density at radius 2 is 1.33 bits per heavy atom. The lowest BCUT2D eigenvalue weighted by molar-refractivity contribution is 0.435. The SMILES string of the molecule is C=COC(=CC)c1ccc2c(n1)/C(=c1\ccccc1=C)c1cc3ccc4cccc3ccc(ccccccc1-2)cc4. The molecule has 0 atom stereocenters. The zero-order chi connectivity index (χ0) is 28.9. The van der Waals surface area contributed by atoms with Crippen LogP contribution in [0.25, 0.3) is 50.6 Å². The van der Waals surface area contributed by atoms with Gasteiger partial charge in [0.05, 0.1) is 12.0 Å². The first-order valence-corrected chi connectivity index (χ1v) is 14.1. The van der Waals surface area contributed by atoms with Crippen LogP contribution in [0.2, 0.25) is 0 Å². The third kappa shape index (κ3) is 5.31. The molecule has 1 aromatic heterocycles. The standard InChI is InChI=1S/C40H31NO/c1-4-38(42-5-2)37-26-25-35-34-18-9-7-6-8-14-29-19-20-30-15-12-16-31(23-21-29)32(24-22-30)27-36(34)39(40(35)41-37)33-17-11-10-13-28(33)3/h4-27H,2-3H2,1H3/b7-6?,8-6?,9-7?,14-8?,15-12?,16-12?,18-9?,20-19?,23-21?,24-22?,29-14?,29-19?,29-21?,30-15?,30-20?,30-22?,31-16?,31-23?,32-24?,32-27?,32-31?,34-18?,36-27?,38-4?,39-33+. The fraction of sp³-hybridized carbons (Fsp3) is 0.0250. The Labute approximate surface area is 246 Å². The summed E-state index contributed by atoms with van der Waals surface area (Å²) in [5, 5.41) is 6.47. The van der Waals surface area contributed by atoms with Crippen molar-refractivity contribution < 1.29 is 4.74 Å². The summed E-state index contributed by atoms with van der Waals surface area (Å²) >= 11 is 0. The average molecular weight is 542 g/mol. The summed E-state index contributed by atoms with van der Waals surface area (Å²) in [6.07, 6.45) is 3.34. The van der Waals surface area contributed by atoms with Crippen molar-refractivity contribution in [1.82, 2.24) is 4.98 Å². The minimum atomic E-state index is 0.662. The fourth-order valence-corrected chi connectivity index (χ4v) is 5.38. The number of hydrogen-bond donors (Lipinski definition) is 0. The van der Waals surface area contributed by atoms with Crippen LogP contribution in [0.4, 0.5) is 0 Å². The van der Waals surface area contributed by atoms with Gasteiger partial charge >= 0.3 is 0 Å². The van der Waals surface area contributed by atoms with E-state index in [1.54, 1.807) is 0 Å². The van der Waals surface area contributed by atoms with Crippen LogP contribution in [0.5, 0.6) is 0 Å². The second kappa shape index (κ2) is 12.0. The smallest absolute Gasteiger partial charge is 0.147 e. The van der Waals surface area contributed by atoms with Gasteiger partial charge in [-0.25, -0.2) is 4.98 Å². The largest absolute Gasteiger partial charge is 0.464 e. The summed E-state index contributed by atoms with van der Waals surface area (Å²) in [5.74, 6) is 0.662. The molecule has 2 heteroatoms. The summed E-state index contributed by atoms with van der Waals surface area (Å²) in [7, 11) is 0. The highest BCUT2D eigenvalue weighted by molar-refractivity contribution is 6.01. The lowest BCUT2D eigenvalue weighted by Gasteiger charge is -2.08. The molecule has 0 aliphatic heterocycles. The molecule has 0 saturated carbocycles. The maximum absolute atomic E-state index is 5.71. The molecule has 0 spiro atoms. The highest BCUT2D eigenvalue weighted by Crippen LogP contribution is 2.42. The normalized spacial score (nSPS) is 13.0. The molecule has 6 aromatic rings. The number of rotatable bonds is 3. The van der Waals surface area contributed by atoms with Crippen LogP contribution in [-0.2, 0) is 4.74 Å². The number of ether oxygens (including phenoxy) is 1. The van der Waals surface area contributed by atoms with Crippen molar-refractivity contribution in [2.75, 3.05) is 0 Å². The van der Waals surface area contributed by atoms with E-state index in [4.69, 9.17) is 9.72 Å².